The normalized spacial score (nSPS) is 22.1. The standard InChI is InChI=1S/C16H20N2O2S/c1-21-15-9-5-8-14(12(15)10-17)18-13-7-4-2-3-6-11(13)16(19)20/h5,8-9,11,13,18H,2-4,6-7H2,1H3,(H,19,20). The van der Waals surface area contributed by atoms with Crippen LogP contribution in [0, 0.1) is 17.2 Å². The number of hydrogen-bond acceptors (Lipinski definition) is 4. The van der Waals surface area contributed by atoms with Crippen LogP contribution in [-0.4, -0.2) is 23.4 Å². The van der Waals surface area contributed by atoms with Gasteiger partial charge in [0.2, 0.25) is 0 Å². The zero-order valence-electron chi connectivity index (χ0n) is 12.1. The molecule has 0 spiro atoms. The minimum absolute atomic E-state index is 0.103. The molecule has 0 bridgehead atoms. The van der Waals surface area contributed by atoms with Gasteiger partial charge in [-0.1, -0.05) is 25.3 Å². The van der Waals surface area contributed by atoms with Crippen LogP contribution in [0.15, 0.2) is 23.1 Å². The Morgan fingerprint density at radius 2 is 2.14 bits per heavy atom. The lowest BCUT2D eigenvalue weighted by Crippen LogP contribution is -2.34. The van der Waals surface area contributed by atoms with Crippen molar-refractivity contribution >= 4 is 23.4 Å². The summed E-state index contributed by atoms with van der Waals surface area (Å²) in [5, 5.41) is 22.1. The molecule has 1 fully saturated rings. The third-order valence-electron chi connectivity index (χ3n) is 4.03. The number of benzene rings is 1. The molecular formula is C16H20N2O2S. The van der Waals surface area contributed by atoms with E-state index >= 15 is 0 Å². The molecule has 1 aromatic rings. The maximum atomic E-state index is 11.5. The number of anilines is 1. The van der Waals surface area contributed by atoms with Crippen molar-refractivity contribution in [3.05, 3.63) is 23.8 Å². The second-order valence-electron chi connectivity index (χ2n) is 5.33. The number of carbonyl (C=O) groups is 1. The first-order valence-electron chi connectivity index (χ1n) is 7.23. The van der Waals surface area contributed by atoms with Crippen molar-refractivity contribution in [1.29, 1.82) is 5.26 Å². The van der Waals surface area contributed by atoms with Gasteiger partial charge in [0, 0.05) is 10.9 Å². The number of thioether (sulfide) groups is 1. The van der Waals surface area contributed by atoms with E-state index in [0.717, 1.165) is 36.3 Å². The minimum atomic E-state index is -0.742. The van der Waals surface area contributed by atoms with Gasteiger partial charge in [0.15, 0.2) is 0 Å². The molecule has 2 rings (SSSR count). The molecule has 0 aliphatic heterocycles. The van der Waals surface area contributed by atoms with Gasteiger partial charge in [0.25, 0.3) is 0 Å². The number of nitrogens with zero attached hydrogens (tertiary/aromatic N) is 1. The number of carboxylic acid groups (broad SMARTS) is 1. The summed E-state index contributed by atoms with van der Waals surface area (Å²) in [6, 6.07) is 7.81. The minimum Gasteiger partial charge on any atom is -0.481 e. The van der Waals surface area contributed by atoms with E-state index in [-0.39, 0.29) is 12.0 Å². The van der Waals surface area contributed by atoms with Crippen LogP contribution < -0.4 is 5.32 Å². The zero-order valence-corrected chi connectivity index (χ0v) is 12.9. The Morgan fingerprint density at radius 1 is 1.38 bits per heavy atom. The van der Waals surface area contributed by atoms with Crippen molar-refractivity contribution in [2.24, 2.45) is 5.92 Å². The lowest BCUT2D eigenvalue weighted by Gasteiger charge is -2.24. The number of hydrogen-bond donors (Lipinski definition) is 2. The van der Waals surface area contributed by atoms with Crippen LogP contribution in [0.3, 0.4) is 0 Å². The quantitative estimate of drug-likeness (QED) is 0.655. The van der Waals surface area contributed by atoms with E-state index in [1.165, 1.54) is 11.8 Å². The first kappa shape index (κ1) is 15.7. The molecule has 2 N–H and O–H groups in total. The molecule has 1 aromatic carbocycles. The molecule has 0 amide bonds. The van der Waals surface area contributed by atoms with Crippen LogP contribution in [0.4, 0.5) is 5.69 Å². The lowest BCUT2D eigenvalue weighted by atomic mass is 9.94. The van der Waals surface area contributed by atoms with Gasteiger partial charge < -0.3 is 10.4 Å². The SMILES string of the molecule is CSc1cccc(NC2CCCCCC2C(=O)O)c1C#N. The Hall–Kier alpha value is -1.67. The first-order chi connectivity index (χ1) is 10.2. The molecule has 0 radical (unpaired) electrons. The van der Waals surface area contributed by atoms with E-state index in [2.05, 4.69) is 11.4 Å². The summed E-state index contributed by atoms with van der Waals surface area (Å²) in [6.45, 7) is 0. The monoisotopic (exact) mass is 304 g/mol. The number of nitriles is 1. The summed E-state index contributed by atoms with van der Waals surface area (Å²) < 4.78 is 0. The number of aliphatic carboxylic acids is 1. The summed E-state index contributed by atoms with van der Waals surface area (Å²) in [7, 11) is 0. The van der Waals surface area contributed by atoms with Crippen molar-refractivity contribution in [3.8, 4) is 6.07 Å². The van der Waals surface area contributed by atoms with Crippen LogP contribution in [0.25, 0.3) is 0 Å². The molecule has 1 saturated carbocycles. The van der Waals surface area contributed by atoms with Crippen molar-refractivity contribution in [2.45, 2.75) is 43.0 Å². The molecular weight excluding hydrogens is 284 g/mol. The topological polar surface area (TPSA) is 73.1 Å². The molecule has 21 heavy (non-hydrogen) atoms. The summed E-state index contributed by atoms with van der Waals surface area (Å²) in [6.07, 6.45) is 6.56. The largest absolute Gasteiger partial charge is 0.481 e. The summed E-state index contributed by atoms with van der Waals surface area (Å²) in [5.74, 6) is -1.12. The van der Waals surface area contributed by atoms with E-state index in [1.54, 1.807) is 0 Å². The zero-order chi connectivity index (χ0) is 15.2. The number of nitrogens with one attached hydrogen (secondary N) is 1. The highest BCUT2D eigenvalue weighted by Crippen LogP contribution is 2.31. The third-order valence-corrected chi connectivity index (χ3v) is 4.81. The van der Waals surface area contributed by atoms with Crippen molar-refractivity contribution in [2.75, 3.05) is 11.6 Å². The van der Waals surface area contributed by atoms with Gasteiger partial charge in [-0.05, 0) is 31.2 Å². The Labute approximate surface area is 129 Å². The Bertz CT molecular complexity index is 554. The Kier molecular flexibility index (Phi) is 5.51. The number of rotatable bonds is 4. The van der Waals surface area contributed by atoms with Gasteiger partial charge in [0.1, 0.15) is 6.07 Å². The summed E-state index contributed by atoms with van der Waals surface area (Å²) in [5.41, 5.74) is 1.36. The van der Waals surface area contributed by atoms with Crippen LogP contribution in [0.1, 0.15) is 37.7 Å². The molecule has 1 aliphatic carbocycles. The second kappa shape index (κ2) is 7.37. The van der Waals surface area contributed by atoms with Gasteiger partial charge in [0.05, 0.1) is 17.2 Å². The van der Waals surface area contributed by atoms with Crippen LogP contribution in [0.5, 0.6) is 0 Å². The predicted octanol–water partition coefficient (Wildman–Crippen LogP) is 3.73. The molecule has 2 unspecified atom stereocenters. The van der Waals surface area contributed by atoms with E-state index in [4.69, 9.17) is 0 Å². The van der Waals surface area contributed by atoms with Gasteiger partial charge >= 0.3 is 5.97 Å². The van der Waals surface area contributed by atoms with Crippen LogP contribution in [-0.2, 0) is 4.79 Å². The Morgan fingerprint density at radius 3 is 2.81 bits per heavy atom. The van der Waals surface area contributed by atoms with Gasteiger partial charge in [-0.3, -0.25) is 4.79 Å². The van der Waals surface area contributed by atoms with E-state index in [1.807, 2.05) is 24.5 Å². The predicted molar refractivity (Wildman–Crippen MR) is 84.6 cm³/mol. The van der Waals surface area contributed by atoms with E-state index in [9.17, 15) is 15.2 Å². The highest BCUT2D eigenvalue weighted by Gasteiger charge is 2.30. The van der Waals surface area contributed by atoms with E-state index in [0.29, 0.717) is 12.0 Å². The van der Waals surface area contributed by atoms with Crippen molar-refractivity contribution in [3.63, 3.8) is 0 Å². The Balaban J connectivity index is 2.27. The van der Waals surface area contributed by atoms with Crippen LogP contribution in [0.2, 0.25) is 0 Å². The average Bonchev–Trinajstić information content (AvgIpc) is 2.72. The summed E-state index contributed by atoms with van der Waals surface area (Å²) >= 11 is 1.53. The van der Waals surface area contributed by atoms with Crippen LogP contribution >= 0.6 is 11.8 Å². The van der Waals surface area contributed by atoms with Gasteiger partial charge in [-0.2, -0.15) is 5.26 Å². The average molecular weight is 304 g/mol. The van der Waals surface area contributed by atoms with Crippen molar-refractivity contribution in [1.82, 2.24) is 0 Å². The molecule has 5 heteroatoms. The molecule has 0 aromatic heterocycles. The van der Waals surface area contributed by atoms with Gasteiger partial charge in [-0.15, -0.1) is 11.8 Å². The maximum Gasteiger partial charge on any atom is 0.308 e. The maximum absolute atomic E-state index is 11.5. The first-order valence-corrected chi connectivity index (χ1v) is 8.46. The molecule has 2 atom stereocenters. The fraction of sp³-hybridized carbons (Fsp3) is 0.500. The fourth-order valence-electron chi connectivity index (χ4n) is 2.91. The molecule has 112 valence electrons. The number of carboxylic acids is 1. The molecule has 0 saturated heterocycles. The third kappa shape index (κ3) is 3.70. The molecule has 0 heterocycles. The lowest BCUT2D eigenvalue weighted by molar-refractivity contribution is -0.142. The highest BCUT2D eigenvalue weighted by atomic mass is 32.2. The summed E-state index contributed by atoms with van der Waals surface area (Å²) in [4.78, 5) is 12.4. The smallest absolute Gasteiger partial charge is 0.308 e. The fourth-order valence-corrected chi connectivity index (χ4v) is 3.49. The van der Waals surface area contributed by atoms with Crippen molar-refractivity contribution < 1.29 is 9.90 Å². The second-order valence-corrected chi connectivity index (χ2v) is 6.18. The van der Waals surface area contributed by atoms with Gasteiger partial charge in [-0.25, -0.2) is 0 Å². The van der Waals surface area contributed by atoms with E-state index < -0.39 is 5.97 Å². The molecule has 4 nitrogen and oxygen atoms in total. The highest BCUT2D eigenvalue weighted by molar-refractivity contribution is 7.98. The molecule has 1 aliphatic rings.